The number of nitrogens with one attached hydrogen (secondary N) is 1. The van der Waals surface area contributed by atoms with E-state index in [9.17, 15) is 14.7 Å². The molecule has 0 bridgehead atoms. The monoisotopic (exact) mass is 507 g/mol. The summed E-state index contributed by atoms with van der Waals surface area (Å²) in [5.74, 6) is 0.0217. The number of hydrogen-bond acceptors (Lipinski definition) is 6. The Balaban J connectivity index is 1.37. The summed E-state index contributed by atoms with van der Waals surface area (Å²) in [6, 6.07) is 2.64. The zero-order valence-electron chi connectivity index (χ0n) is 20.0. The molecule has 0 unspecified atom stereocenters. The van der Waals surface area contributed by atoms with Crippen LogP contribution in [0.25, 0.3) is 0 Å². The molecule has 0 spiro atoms. The number of unbranched alkanes of at least 4 members (excludes halogenated alkanes) is 1. The lowest BCUT2D eigenvalue weighted by atomic mass is 9.85. The number of aliphatic hydroxyl groups excluding tert-OH is 1. The highest BCUT2D eigenvalue weighted by Crippen LogP contribution is 2.40. The molecule has 8 nitrogen and oxygen atoms in total. The highest BCUT2D eigenvalue weighted by molar-refractivity contribution is 7.16. The molecule has 0 radical (unpaired) electrons. The van der Waals surface area contributed by atoms with Crippen LogP contribution in [0.1, 0.15) is 75.4 Å². The fourth-order valence-corrected chi connectivity index (χ4v) is 5.70. The topological polar surface area (TPSA) is 100 Å². The van der Waals surface area contributed by atoms with Gasteiger partial charge in [-0.25, -0.2) is 4.68 Å². The van der Waals surface area contributed by atoms with Gasteiger partial charge in [-0.15, -0.1) is 16.4 Å². The van der Waals surface area contributed by atoms with E-state index in [0.717, 1.165) is 42.1 Å². The standard InChI is InChI=1S/C24H34ClN5O3S/c1-24(2,3)21(30-14-18(27-28-30)15-7-8-15)23(33)29-13-16(31)12-19(29)22(32)26-11-5-4-6-17-9-10-20(25)34-17/h9-10,14-16,19,21,31H,4-8,11-13H2,1-3H3,(H,26,32)/t16-,19+,21-/m1/s1. The molecule has 2 amide bonds. The van der Waals surface area contributed by atoms with Crippen molar-refractivity contribution in [2.45, 2.75) is 83.4 Å². The Morgan fingerprint density at radius 3 is 2.71 bits per heavy atom. The van der Waals surface area contributed by atoms with Crippen molar-refractivity contribution in [3.63, 3.8) is 0 Å². The van der Waals surface area contributed by atoms with E-state index in [2.05, 4.69) is 15.6 Å². The molecular weight excluding hydrogens is 474 g/mol. The fourth-order valence-electron chi connectivity index (χ4n) is 4.57. The molecule has 1 aliphatic heterocycles. The van der Waals surface area contributed by atoms with Crippen molar-refractivity contribution in [2.75, 3.05) is 13.1 Å². The van der Waals surface area contributed by atoms with Gasteiger partial charge < -0.3 is 15.3 Å². The minimum Gasteiger partial charge on any atom is -0.391 e. The summed E-state index contributed by atoms with van der Waals surface area (Å²) in [4.78, 5) is 29.5. The van der Waals surface area contributed by atoms with Crippen LogP contribution in [0.5, 0.6) is 0 Å². The van der Waals surface area contributed by atoms with E-state index >= 15 is 0 Å². The van der Waals surface area contributed by atoms with Crippen molar-refractivity contribution in [3.8, 4) is 0 Å². The first-order chi connectivity index (χ1) is 16.1. The molecule has 2 fully saturated rings. The zero-order chi connectivity index (χ0) is 24.5. The summed E-state index contributed by atoms with van der Waals surface area (Å²) in [6.07, 6.45) is 6.30. The van der Waals surface area contributed by atoms with Gasteiger partial charge in [0.15, 0.2) is 0 Å². The van der Waals surface area contributed by atoms with E-state index in [1.807, 2.05) is 39.1 Å². The maximum atomic E-state index is 13.7. The summed E-state index contributed by atoms with van der Waals surface area (Å²) in [7, 11) is 0. The van der Waals surface area contributed by atoms with E-state index in [1.54, 1.807) is 16.0 Å². The Kier molecular flexibility index (Phi) is 7.64. The third kappa shape index (κ3) is 5.98. The lowest BCUT2D eigenvalue weighted by molar-refractivity contribution is -0.144. The van der Waals surface area contributed by atoms with Crippen LogP contribution in [0.15, 0.2) is 18.3 Å². The van der Waals surface area contributed by atoms with Gasteiger partial charge in [0.1, 0.15) is 12.1 Å². The highest BCUT2D eigenvalue weighted by atomic mass is 35.5. The Hall–Kier alpha value is -1.97. The SMILES string of the molecule is CC(C)(C)[C@@H](C(=O)N1C[C@H](O)C[C@H]1C(=O)NCCCCc1ccc(Cl)s1)n1cc(C2CC2)nn1. The Labute approximate surface area is 209 Å². The van der Waals surface area contributed by atoms with Crippen LogP contribution in [-0.4, -0.2) is 62.0 Å². The Morgan fingerprint density at radius 1 is 1.29 bits per heavy atom. The van der Waals surface area contributed by atoms with E-state index in [-0.39, 0.29) is 24.8 Å². The lowest BCUT2D eigenvalue weighted by Gasteiger charge is -2.34. The number of carbonyl (C=O) groups excluding carboxylic acids is 2. The molecular formula is C24H34ClN5O3S. The molecule has 2 N–H and O–H groups in total. The molecule has 1 saturated carbocycles. The molecule has 1 saturated heterocycles. The summed E-state index contributed by atoms with van der Waals surface area (Å²) < 4.78 is 2.43. The quantitative estimate of drug-likeness (QED) is 0.505. The van der Waals surface area contributed by atoms with Crippen LogP contribution < -0.4 is 5.32 Å². The number of rotatable bonds is 9. The molecule has 2 aromatic heterocycles. The first-order valence-electron chi connectivity index (χ1n) is 12.1. The van der Waals surface area contributed by atoms with Crippen molar-refractivity contribution in [2.24, 2.45) is 5.41 Å². The molecule has 10 heteroatoms. The molecule has 0 aromatic carbocycles. The minimum absolute atomic E-state index is 0.146. The molecule has 3 heterocycles. The average molecular weight is 508 g/mol. The molecule has 2 aliphatic rings. The number of thiophene rings is 1. The average Bonchev–Trinajstić information content (AvgIpc) is 3.14. The third-order valence-corrected chi connectivity index (χ3v) is 7.78. The predicted octanol–water partition coefficient (Wildman–Crippen LogP) is 3.56. The molecule has 4 rings (SSSR count). The number of amides is 2. The van der Waals surface area contributed by atoms with Gasteiger partial charge in [0.05, 0.1) is 16.1 Å². The number of aromatic nitrogens is 3. The van der Waals surface area contributed by atoms with Gasteiger partial charge in [0.2, 0.25) is 11.8 Å². The van der Waals surface area contributed by atoms with E-state index in [4.69, 9.17) is 11.6 Å². The van der Waals surface area contributed by atoms with Crippen LogP contribution in [0.3, 0.4) is 0 Å². The van der Waals surface area contributed by atoms with Crippen molar-refractivity contribution < 1.29 is 14.7 Å². The van der Waals surface area contributed by atoms with E-state index in [0.29, 0.717) is 12.5 Å². The number of likely N-dealkylation sites (tertiary alicyclic amines) is 1. The van der Waals surface area contributed by atoms with Crippen molar-refractivity contribution in [1.29, 1.82) is 0 Å². The maximum absolute atomic E-state index is 13.7. The van der Waals surface area contributed by atoms with Crippen molar-refractivity contribution in [1.82, 2.24) is 25.2 Å². The minimum atomic E-state index is -0.721. The third-order valence-electron chi connectivity index (χ3n) is 6.49. The first-order valence-corrected chi connectivity index (χ1v) is 13.2. The zero-order valence-corrected chi connectivity index (χ0v) is 21.6. The normalized spacial score (nSPS) is 21.6. The van der Waals surface area contributed by atoms with Gasteiger partial charge in [-0.3, -0.25) is 9.59 Å². The number of nitrogens with zero attached hydrogens (tertiary/aromatic N) is 4. The Bertz CT molecular complexity index is 1010. The molecule has 1 aliphatic carbocycles. The highest BCUT2D eigenvalue weighted by Gasteiger charge is 2.45. The van der Waals surface area contributed by atoms with Crippen LogP contribution in [0.4, 0.5) is 0 Å². The van der Waals surface area contributed by atoms with Crippen LogP contribution in [0, 0.1) is 5.41 Å². The van der Waals surface area contributed by atoms with Gasteiger partial charge >= 0.3 is 0 Å². The summed E-state index contributed by atoms with van der Waals surface area (Å²) in [5.41, 5.74) is 0.479. The number of aliphatic hydroxyl groups is 1. The van der Waals surface area contributed by atoms with Crippen molar-refractivity contribution in [3.05, 3.63) is 33.2 Å². The van der Waals surface area contributed by atoms with Gasteiger partial charge in [-0.1, -0.05) is 37.6 Å². The van der Waals surface area contributed by atoms with Gasteiger partial charge in [-0.2, -0.15) is 0 Å². The molecule has 2 aromatic rings. The molecule has 186 valence electrons. The molecule has 3 atom stereocenters. The lowest BCUT2D eigenvalue weighted by Crippen LogP contribution is -2.50. The number of β-amino-alcohol motifs (C(OH)–C–C–N with tert-alkyl or cyclic N) is 1. The first kappa shape index (κ1) is 25.1. The number of aryl methyl sites for hydroxylation is 1. The van der Waals surface area contributed by atoms with Crippen LogP contribution in [-0.2, 0) is 16.0 Å². The predicted molar refractivity (Wildman–Crippen MR) is 132 cm³/mol. The molecule has 34 heavy (non-hydrogen) atoms. The Morgan fingerprint density at radius 2 is 2.06 bits per heavy atom. The summed E-state index contributed by atoms with van der Waals surface area (Å²) in [5, 5.41) is 21.8. The van der Waals surface area contributed by atoms with Gasteiger partial charge in [0, 0.05) is 36.5 Å². The van der Waals surface area contributed by atoms with Gasteiger partial charge in [-0.05, 0) is 49.7 Å². The number of carbonyl (C=O) groups is 2. The van der Waals surface area contributed by atoms with Gasteiger partial charge in [0.25, 0.3) is 0 Å². The van der Waals surface area contributed by atoms with E-state index in [1.165, 1.54) is 9.78 Å². The second-order valence-electron chi connectivity index (χ2n) is 10.5. The smallest absolute Gasteiger partial charge is 0.248 e. The summed E-state index contributed by atoms with van der Waals surface area (Å²) in [6.45, 7) is 6.62. The fraction of sp³-hybridized carbons (Fsp3) is 0.667. The number of hydrogen-bond donors (Lipinski definition) is 2. The van der Waals surface area contributed by atoms with E-state index < -0.39 is 23.6 Å². The number of halogens is 1. The maximum Gasteiger partial charge on any atom is 0.248 e. The largest absolute Gasteiger partial charge is 0.391 e. The second-order valence-corrected chi connectivity index (χ2v) is 12.3. The van der Waals surface area contributed by atoms with Crippen LogP contribution in [0.2, 0.25) is 4.34 Å². The summed E-state index contributed by atoms with van der Waals surface area (Å²) >= 11 is 7.55. The van der Waals surface area contributed by atoms with Crippen molar-refractivity contribution >= 4 is 34.8 Å². The second kappa shape index (κ2) is 10.3. The van der Waals surface area contributed by atoms with Crippen LogP contribution >= 0.6 is 22.9 Å².